The number of nitrogens with zero attached hydrogens (tertiary/aromatic N) is 2. The van der Waals surface area contributed by atoms with Crippen LogP contribution in [-0.2, 0) is 16.0 Å². The predicted molar refractivity (Wildman–Crippen MR) is 114 cm³/mol. The van der Waals surface area contributed by atoms with Crippen molar-refractivity contribution in [1.82, 2.24) is 26.7 Å². The summed E-state index contributed by atoms with van der Waals surface area (Å²) in [5, 5.41) is 20.8. The van der Waals surface area contributed by atoms with Crippen molar-refractivity contribution in [1.29, 1.82) is 0 Å². The Balaban J connectivity index is 1.74. The predicted octanol–water partition coefficient (Wildman–Crippen LogP) is 1.32. The van der Waals surface area contributed by atoms with Gasteiger partial charge in [0.15, 0.2) is 0 Å². The zero-order chi connectivity index (χ0) is 21.7. The minimum absolute atomic E-state index is 0.283. The van der Waals surface area contributed by atoms with E-state index in [-0.39, 0.29) is 5.96 Å². The fourth-order valence-corrected chi connectivity index (χ4v) is 3.12. The minimum atomic E-state index is -1.04. The highest BCUT2D eigenvalue weighted by atomic mass is 35.5. The number of hydrazone groups is 1. The topological polar surface area (TPSA) is 118 Å². The summed E-state index contributed by atoms with van der Waals surface area (Å²) in [5.41, 5.74) is 8.08. The number of carbonyl (C=O) groups excluding carboxylic acids is 1. The van der Waals surface area contributed by atoms with E-state index in [1.54, 1.807) is 7.05 Å². The van der Waals surface area contributed by atoms with Gasteiger partial charge in [-0.2, -0.15) is 0 Å². The van der Waals surface area contributed by atoms with Crippen molar-refractivity contribution in [3.05, 3.63) is 59.1 Å². The largest absolute Gasteiger partial charge is 0.480 e. The summed E-state index contributed by atoms with van der Waals surface area (Å²) in [6.45, 7) is 1.49. The minimum Gasteiger partial charge on any atom is -0.480 e. The van der Waals surface area contributed by atoms with E-state index in [9.17, 15) is 14.7 Å². The van der Waals surface area contributed by atoms with Crippen molar-refractivity contribution in [2.24, 2.45) is 5.10 Å². The van der Waals surface area contributed by atoms with Gasteiger partial charge in [0, 0.05) is 12.1 Å². The Labute approximate surface area is 179 Å². The number of halogens is 1. The number of hydrogen-bond acceptors (Lipinski definition) is 7. The second kappa shape index (κ2) is 9.57. The van der Waals surface area contributed by atoms with Gasteiger partial charge in [-0.3, -0.25) is 25.2 Å². The third-order valence-corrected chi connectivity index (χ3v) is 4.86. The number of benzene rings is 2. The molecule has 0 saturated carbocycles. The average molecular weight is 431 g/mol. The van der Waals surface area contributed by atoms with Crippen molar-refractivity contribution in [3.63, 3.8) is 0 Å². The van der Waals surface area contributed by atoms with Crippen LogP contribution in [0.25, 0.3) is 11.1 Å². The van der Waals surface area contributed by atoms with Crippen LogP contribution in [0.2, 0.25) is 5.02 Å². The van der Waals surface area contributed by atoms with Crippen LogP contribution in [0.3, 0.4) is 0 Å². The van der Waals surface area contributed by atoms with Crippen LogP contribution in [-0.4, -0.2) is 47.1 Å². The zero-order valence-corrected chi connectivity index (χ0v) is 17.3. The Morgan fingerprint density at radius 3 is 2.53 bits per heavy atom. The third kappa shape index (κ3) is 5.47. The van der Waals surface area contributed by atoms with Crippen LogP contribution in [0.15, 0.2) is 53.6 Å². The number of hydrazine groups is 2. The van der Waals surface area contributed by atoms with Gasteiger partial charge in [0.1, 0.15) is 6.04 Å². The second-order valence-electron chi connectivity index (χ2n) is 6.90. The smallest absolute Gasteiger partial charge is 0.320 e. The number of nitrogens with one attached hydrogen (secondary N) is 4. The molecular weight excluding hydrogens is 408 g/mol. The summed E-state index contributed by atoms with van der Waals surface area (Å²) in [4.78, 5) is 24.1. The summed E-state index contributed by atoms with van der Waals surface area (Å²) < 4.78 is 0. The van der Waals surface area contributed by atoms with Gasteiger partial charge in [-0.15, -0.1) is 10.6 Å². The molecule has 10 heteroatoms. The lowest BCUT2D eigenvalue weighted by atomic mass is 10.00. The van der Waals surface area contributed by atoms with Crippen molar-refractivity contribution in [2.45, 2.75) is 25.4 Å². The first kappa shape index (κ1) is 21.6. The molecule has 1 aliphatic heterocycles. The van der Waals surface area contributed by atoms with Gasteiger partial charge in [0.2, 0.25) is 11.9 Å². The molecule has 0 radical (unpaired) electrons. The first-order valence-corrected chi connectivity index (χ1v) is 9.68. The van der Waals surface area contributed by atoms with Gasteiger partial charge in [0.05, 0.1) is 6.04 Å². The van der Waals surface area contributed by atoms with Crippen molar-refractivity contribution in [2.75, 3.05) is 7.05 Å². The summed E-state index contributed by atoms with van der Waals surface area (Å²) >= 11 is 6.06. The maximum absolute atomic E-state index is 12.8. The molecule has 3 rings (SSSR count). The average Bonchev–Trinajstić information content (AvgIpc) is 3.12. The first-order valence-electron chi connectivity index (χ1n) is 9.30. The Morgan fingerprint density at radius 2 is 1.93 bits per heavy atom. The van der Waals surface area contributed by atoms with Crippen molar-refractivity contribution < 1.29 is 14.7 Å². The Hall–Kier alpha value is -3.14. The second-order valence-corrected chi connectivity index (χ2v) is 7.33. The maximum Gasteiger partial charge on any atom is 0.320 e. The quantitative estimate of drug-likeness (QED) is 0.449. The molecule has 1 amide bonds. The summed E-state index contributed by atoms with van der Waals surface area (Å²) in [6.07, 6.45) is 0.303. The standard InChI is InChI=1S/C20H23ClN6O3/c1-12(19(29)30)22-17(18(28)23-20-24-25-26-27(20)2)10-13-6-8-14(9-7-13)15-4-3-5-16(21)11-15/h3-9,11-12,17,22,25-26H,10H2,1-2H3,(H,29,30)(H,23,24,28)/t12-,17-/m0/s1. The molecule has 0 fully saturated rings. The maximum atomic E-state index is 12.8. The molecule has 0 bridgehead atoms. The van der Waals surface area contributed by atoms with Gasteiger partial charge in [-0.05, 0) is 42.2 Å². The van der Waals surface area contributed by atoms with Crippen LogP contribution in [0.1, 0.15) is 12.5 Å². The number of guanidine groups is 1. The number of aliphatic carboxylic acids is 1. The van der Waals surface area contributed by atoms with E-state index in [2.05, 4.69) is 26.8 Å². The van der Waals surface area contributed by atoms with E-state index >= 15 is 0 Å². The van der Waals surface area contributed by atoms with Crippen LogP contribution < -0.4 is 21.7 Å². The van der Waals surface area contributed by atoms with E-state index in [0.29, 0.717) is 11.4 Å². The van der Waals surface area contributed by atoms with Crippen LogP contribution in [0, 0.1) is 0 Å². The summed E-state index contributed by atoms with van der Waals surface area (Å²) in [6, 6.07) is 13.6. The molecule has 0 saturated heterocycles. The molecule has 2 aromatic carbocycles. The van der Waals surface area contributed by atoms with E-state index < -0.39 is 24.0 Å². The van der Waals surface area contributed by atoms with Gasteiger partial charge < -0.3 is 5.11 Å². The monoisotopic (exact) mass is 430 g/mol. The Bertz CT molecular complexity index is 950. The Morgan fingerprint density at radius 1 is 1.20 bits per heavy atom. The van der Waals surface area contributed by atoms with Crippen molar-refractivity contribution in [3.8, 4) is 11.1 Å². The van der Waals surface area contributed by atoms with Crippen molar-refractivity contribution >= 4 is 29.4 Å². The van der Waals surface area contributed by atoms with Crippen LogP contribution in [0.5, 0.6) is 0 Å². The van der Waals surface area contributed by atoms with E-state index in [1.807, 2.05) is 48.5 Å². The number of carboxylic acid groups (broad SMARTS) is 1. The van der Waals surface area contributed by atoms with E-state index in [0.717, 1.165) is 16.7 Å². The molecule has 9 nitrogen and oxygen atoms in total. The number of hydrogen-bond donors (Lipinski definition) is 5. The molecule has 0 unspecified atom stereocenters. The zero-order valence-electron chi connectivity index (χ0n) is 16.5. The molecule has 5 N–H and O–H groups in total. The summed E-state index contributed by atoms with van der Waals surface area (Å²) in [7, 11) is 1.68. The highest BCUT2D eigenvalue weighted by Gasteiger charge is 2.26. The molecule has 2 aromatic rings. The number of amides is 1. The SMILES string of the molecule is C[C@H](N[C@@H](Cc1ccc(-c2cccc(Cl)c2)cc1)C(=O)NC1=NNNN1C)C(=O)O. The van der Waals surface area contributed by atoms with E-state index in [1.165, 1.54) is 11.9 Å². The molecule has 158 valence electrons. The number of carbonyl (C=O) groups is 2. The summed E-state index contributed by atoms with van der Waals surface area (Å²) in [5.74, 6) is -1.15. The molecule has 1 aliphatic rings. The molecule has 0 spiro atoms. The van der Waals surface area contributed by atoms with Crippen LogP contribution in [0.4, 0.5) is 0 Å². The number of rotatable bonds is 7. The highest BCUT2D eigenvalue weighted by molar-refractivity contribution is 6.30. The van der Waals surface area contributed by atoms with Gasteiger partial charge in [-0.25, -0.2) is 5.53 Å². The van der Waals surface area contributed by atoms with E-state index in [4.69, 9.17) is 11.6 Å². The van der Waals surface area contributed by atoms with Gasteiger partial charge in [0.25, 0.3) is 0 Å². The lowest BCUT2D eigenvalue weighted by Gasteiger charge is -2.22. The highest BCUT2D eigenvalue weighted by Crippen LogP contribution is 2.23. The molecule has 0 aromatic heterocycles. The lowest BCUT2D eigenvalue weighted by Crippen LogP contribution is -2.54. The normalized spacial score (nSPS) is 15.2. The fourth-order valence-electron chi connectivity index (χ4n) is 2.93. The molecule has 30 heavy (non-hydrogen) atoms. The Kier molecular flexibility index (Phi) is 6.88. The molecular formula is C20H23ClN6O3. The molecule has 2 atom stereocenters. The molecule has 0 aliphatic carbocycles. The third-order valence-electron chi connectivity index (χ3n) is 4.62. The first-order chi connectivity index (χ1) is 14.3. The van der Waals surface area contributed by atoms with Gasteiger partial charge >= 0.3 is 5.97 Å². The van der Waals surface area contributed by atoms with Crippen LogP contribution >= 0.6 is 11.6 Å². The van der Waals surface area contributed by atoms with Gasteiger partial charge in [-0.1, -0.05) is 48.0 Å². The fraction of sp³-hybridized carbons (Fsp3) is 0.250. The lowest BCUT2D eigenvalue weighted by molar-refractivity contribution is -0.139. The number of carboxylic acids is 1. The molecule has 1 heterocycles.